The van der Waals surface area contributed by atoms with Crippen LogP contribution in [0.15, 0.2) is 29.2 Å². The Kier molecular flexibility index (Phi) is 7.38. The van der Waals surface area contributed by atoms with E-state index in [0.29, 0.717) is 4.90 Å². The first-order valence-electron chi connectivity index (χ1n) is 6.70. The monoisotopic (exact) mass is 410 g/mol. The van der Waals surface area contributed by atoms with Gasteiger partial charge >= 0.3 is 15.2 Å². The molecule has 25 heavy (non-hydrogen) atoms. The van der Waals surface area contributed by atoms with Gasteiger partial charge in [-0.25, -0.2) is 0 Å². The van der Waals surface area contributed by atoms with E-state index in [1.165, 1.54) is 12.1 Å². The molecular formula is C12H16N2O8P2S. The molecule has 0 saturated carbocycles. The minimum Gasteiger partial charge on any atom is -0.368 e. The summed E-state index contributed by atoms with van der Waals surface area (Å²) in [6.07, 6.45) is -1.18. The van der Waals surface area contributed by atoms with Gasteiger partial charge in [0.1, 0.15) is 5.40 Å². The lowest BCUT2D eigenvalue weighted by molar-refractivity contribution is 0.0946. The fourth-order valence-corrected chi connectivity index (χ4v) is 4.45. The Morgan fingerprint density at radius 1 is 1.16 bits per heavy atom. The molecule has 0 aliphatic carbocycles. The van der Waals surface area contributed by atoms with Crippen molar-refractivity contribution in [3.63, 3.8) is 0 Å². The molecule has 10 nitrogen and oxygen atoms in total. The molecule has 0 heterocycles. The van der Waals surface area contributed by atoms with Crippen LogP contribution in [0.1, 0.15) is 23.2 Å². The number of carbonyl (C=O) groups is 1. The van der Waals surface area contributed by atoms with Gasteiger partial charge in [0.15, 0.2) is 0 Å². The number of hydrogen-bond acceptors (Lipinski definition) is 6. The van der Waals surface area contributed by atoms with Crippen LogP contribution in [-0.2, 0) is 9.13 Å². The van der Waals surface area contributed by atoms with Crippen LogP contribution in [-0.4, -0.2) is 42.2 Å². The number of thioether (sulfide) groups is 1. The molecule has 0 bridgehead atoms. The Morgan fingerprint density at radius 2 is 1.68 bits per heavy atom. The Bertz CT molecular complexity index is 729. The Hall–Kier alpha value is -1.21. The van der Waals surface area contributed by atoms with Gasteiger partial charge in [-0.1, -0.05) is 0 Å². The molecule has 0 saturated heterocycles. The molecule has 0 radical (unpaired) electrons. The fourth-order valence-electron chi connectivity index (χ4n) is 1.82. The summed E-state index contributed by atoms with van der Waals surface area (Å²) in [5.74, 6) is -0.524. The van der Waals surface area contributed by atoms with Gasteiger partial charge in [-0.2, -0.15) is 5.26 Å². The van der Waals surface area contributed by atoms with Gasteiger partial charge in [0.25, 0.3) is 11.0 Å². The van der Waals surface area contributed by atoms with Crippen LogP contribution in [0.5, 0.6) is 0 Å². The highest BCUT2D eigenvalue weighted by molar-refractivity contribution is 8.03. The fraction of sp³-hybridized carbons (Fsp3) is 0.333. The van der Waals surface area contributed by atoms with Crippen molar-refractivity contribution in [3.8, 4) is 5.40 Å². The zero-order valence-corrected chi connectivity index (χ0v) is 15.2. The van der Waals surface area contributed by atoms with E-state index in [4.69, 9.17) is 24.8 Å². The summed E-state index contributed by atoms with van der Waals surface area (Å²) < 4.78 is 22.3. The Morgan fingerprint density at radius 3 is 2.12 bits per heavy atom. The first-order chi connectivity index (χ1) is 11.4. The lowest BCUT2D eigenvalue weighted by Gasteiger charge is -2.29. The maximum atomic E-state index is 11.9. The molecule has 0 unspecified atom stereocenters. The summed E-state index contributed by atoms with van der Waals surface area (Å²) in [4.78, 5) is 48.5. The van der Waals surface area contributed by atoms with E-state index in [2.05, 4.69) is 5.32 Å². The number of hydrogen-bond donors (Lipinski definition) is 6. The third-order valence-corrected chi connectivity index (χ3v) is 7.66. The van der Waals surface area contributed by atoms with Crippen molar-refractivity contribution in [1.29, 1.82) is 5.26 Å². The van der Waals surface area contributed by atoms with Crippen molar-refractivity contribution in [3.05, 3.63) is 29.8 Å². The van der Waals surface area contributed by atoms with Crippen LogP contribution >= 0.6 is 27.0 Å². The predicted molar refractivity (Wildman–Crippen MR) is 88.5 cm³/mol. The number of amides is 1. The van der Waals surface area contributed by atoms with Crippen LogP contribution in [0, 0.1) is 10.7 Å². The van der Waals surface area contributed by atoms with E-state index in [1.54, 1.807) is 12.1 Å². The maximum Gasteiger partial charge on any atom is 0.369 e. The lowest BCUT2D eigenvalue weighted by atomic mass is 10.2. The number of rotatable bonds is 8. The lowest BCUT2D eigenvalue weighted by Crippen LogP contribution is -2.31. The summed E-state index contributed by atoms with van der Waals surface area (Å²) in [5.41, 5.74) is 0.266. The second-order valence-electron chi connectivity index (χ2n) is 4.94. The zero-order chi connectivity index (χ0) is 19.3. The molecule has 13 heteroatoms. The highest BCUT2D eigenvalue weighted by Gasteiger charge is 2.58. The highest BCUT2D eigenvalue weighted by atomic mass is 32.2. The summed E-state index contributed by atoms with van der Waals surface area (Å²) in [7, 11) is -11.0. The number of nitrogens with zero attached hydrogens (tertiary/aromatic N) is 1. The van der Waals surface area contributed by atoms with E-state index >= 15 is 0 Å². The van der Waals surface area contributed by atoms with Gasteiger partial charge in [-0.3, -0.25) is 13.9 Å². The molecule has 1 amide bonds. The molecule has 1 rings (SSSR count). The minimum atomic E-state index is -5.49. The highest BCUT2D eigenvalue weighted by Crippen LogP contribution is 2.69. The molecule has 0 aliphatic rings. The van der Waals surface area contributed by atoms with E-state index < -0.39 is 32.6 Å². The van der Waals surface area contributed by atoms with Gasteiger partial charge in [0, 0.05) is 23.4 Å². The van der Waals surface area contributed by atoms with Gasteiger partial charge < -0.3 is 30.0 Å². The quantitative estimate of drug-likeness (QED) is 0.155. The number of benzene rings is 1. The van der Waals surface area contributed by atoms with Crippen molar-refractivity contribution in [2.45, 2.75) is 22.8 Å². The maximum absolute atomic E-state index is 11.9. The second kappa shape index (κ2) is 8.45. The van der Waals surface area contributed by atoms with E-state index in [-0.39, 0.29) is 18.5 Å². The Balaban J connectivity index is 2.62. The van der Waals surface area contributed by atoms with Crippen molar-refractivity contribution >= 4 is 32.9 Å². The van der Waals surface area contributed by atoms with Crippen molar-refractivity contribution in [1.82, 2.24) is 5.32 Å². The first kappa shape index (κ1) is 21.8. The van der Waals surface area contributed by atoms with E-state index in [9.17, 15) is 19.0 Å². The molecule has 1 aromatic carbocycles. The van der Waals surface area contributed by atoms with E-state index in [1.807, 2.05) is 5.40 Å². The first-order valence-corrected chi connectivity index (χ1v) is 10.7. The van der Waals surface area contributed by atoms with Crippen LogP contribution < -0.4 is 5.32 Å². The number of aliphatic hydroxyl groups is 1. The molecule has 138 valence electrons. The molecule has 0 aromatic heterocycles. The molecule has 6 N–H and O–H groups in total. The average Bonchev–Trinajstić information content (AvgIpc) is 2.50. The third-order valence-electron chi connectivity index (χ3n) is 3.19. The van der Waals surface area contributed by atoms with Crippen LogP contribution in [0.3, 0.4) is 0 Å². The van der Waals surface area contributed by atoms with Crippen molar-refractivity contribution in [2.24, 2.45) is 0 Å². The molecular weight excluding hydrogens is 394 g/mol. The topological polar surface area (TPSA) is 188 Å². The number of nitriles is 1. The van der Waals surface area contributed by atoms with Crippen LogP contribution in [0.25, 0.3) is 0 Å². The molecule has 1 aromatic rings. The number of carbonyl (C=O) groups excluding carboxylic acids is 1. The third kappa shape index (κ3) is 5.64. The summed E-state index contributed by atoms with van der Waals surface area (Å²) in [6.45, 7) is -0.171. The smallest absolute Gasteiger partial charge is 0.368 e. The standard InChI is InChI=1S/C12H16N2O8P2S/c13-8-25-10-4-2-9(3-5-10)11(15)14-7-1-6-12(16,23(17,18)19)24(20,21)22/h2-5,16H,1,6-7H2,(H,14,15)(H2,17,18,19)(H2,20,21,22). The SMILES string of the molecule is N#CSc1ccc(C(=O)NCCCC(O)(P(=O)(O)O)P(=O)(O)O)cc1. The summed E-state index contributed by atoms with van der Waals surface area (Å²) in [6, 6.07) is 6.06. The largest absolute Gasteiger partial charge is 0.369 e. The zero-order valence-electron chi connectivity index (χ0n) is 12.6. The second-order valence-corrected chi connectivity index (χ2v) is 9.81. The van der Waals surface area contributed by atoms with Gasteiger partial charge in [-0.05, 0) is 42.4 Å². The number of thiocyanates is 1. The van der Waals surface area contributed by atoms with Crippen molar-refractivity contribution in [2.75, 3.05) is 6.54 Å². The van der Waals surface area contributed by atoms with E-state index in [0.717, 1.165) is 11.8 Å². The minimum absolute atomic E-state index is 0.171. The van der Waals surface area contributed by atoms with Gasteiger partial charge in [-0.15, -0.1) is 0 Å². The molecule has 0 aliphatic heterocycles. The molecule has 0 fully saturated rings. The summed E-state index contributed by atoms with van der Waals surface area (Å²) in [5, 5.41) is 19.0. The Labute approximate surface area is 147 Å². The predicted octanol–water partition coefficient (Wildman–Crippen LogP) is 0.771. The summed E-state index contributed by atoms with van der Waals surface area (Å²) >= 11 is 0.923. The number of nitrogens with one attached hydrogen (secondary N) is 1. The molecule has 0 atom stereocenters. The van der Waals surface area contributed by atoms with Gasteiger partial charge in [0.2, 0.25) is 0 Å². The van der Waals surface area contributed by atoms with Crippen LogP contribution in [0.2, 0.25) is 0 Å². The van der Waals surface area contributed by atoms with Crippen molar-refractivity contribution < 1.29 is 38.6 Å². The molecule has 0 spiro atoms. The van der Waals surface area contributed by atoms with Crippen LogP contribution in [0.4, 0.5) is 0 Å². The average molecular weight is 410 g/mol. The normalized spacial score (nSPS) is 12.5. The van der Waals surface area contributed by atoms with Gasteiger partial charge in [0.05, 0.1) is 0 Å².